The maximum absolute atomic E-state index is 12.3. The third kappa shape index (κ3) is 7.09. The van der Waals surface area contributed by atoms with Crippen molar-refractivity contribution in [3.05, 3.63) is 29.8 Å². The molecule has 0 unspecified atom stereocenters. The second-order valence-electron chi connectivity index (χ2n) is 5.25. The number of carbonyl (C=O) groups is 1. The quantitative estimate of drug-likeness (QED) is 0.856. The fourth-order valence-electron chi connectivity index (χ4n) is 2.45. The van der Waals surface area contributed by atoms with E-state index in [0.29, 0.717) is 5.56 Å². The number of piperidine rings is 1. The molecule has 23 heavy (non-hydrogen) atoms. The number of aryl methyl sites for hydroxylation is 1. The van der Waals surface area contributed by atoms with Crippen LogP contribution in [-0.2, 0) is 11.2 Å². The lowest BCUT2D eigenvalue weighted by Crippen LogP contribution is -2.42. The first-order valence-corrected chi connectivity index (χ1v) is 7.28. The van der Waals surface area contributed by atoms with Crippen molar-refractivity contribution in [1.82, 2.24) is 10.6 Å². The van der Waals surface area contributed by atoms with Crippen molar-refractivity contribution < 1.29 is 22.7 Å². The highest BCUT2D eigenvalue weighted by atomic mass is 35.5. The molecular weight excluding hydrogens is 333 g/mol. The first-order valence-electron chi connectivity index (χ1n) is 7.28. The number of halogens is 4. The Hall–Kier alpha value is -1.47. The van der Waals surface area contributed by atoms with E-state index >= 15 is 0 Å². The number of rotatable bonds is 5. The molecule has 2 rings (SSSR count). The van der Waals surface area contributed by atoms with E-state index in [2.05, 4.69) is 15.4 Å². The summed E-state index contributed by atoms with van der Waals surface area (Å²) in [6.07, 6.45) is -2.63. The summed E-state index contributed by atoms with van der Waals surface area (Å²) in [4.78, 5) is 11.9. The molecule has 2 N–H and O–H groups in total. The number of hydrogen-bond acceptors (Lipinski definition) is 3. The Balaban J connectivity index is 0.00000264. The van der Waals surface area contributed by atoms with Crippen molar-refractivity contribution in [2.45, 2.75) is 38.1 Å². The maximum Gasteiger partial charge on any atom is 0.573 e. The average Bonchev–Trinajstić information content (AvgIpc) is 2.46. The number of benzene rings is 1. The van der Waals surface area contributed by atoms with Crippen LogP contribution in [0.4, 0.5) is 13.2 Å². The molecule has 1 aromatic carbocycles. The summed E-state index contributed by atoms with van der Waals surface area (Å²) in [6, 6.07) is 6.05. The van der Waals surface area contributed by atoms with Crippen LogP contribution in [0.25, 0.3) is 0 Å². The zero-order valence-electron chi connectivity index (χ0n) is 12.5. The molecule has 0 aliphatic carbocycles. The number of nitrogens with one attached hydrogen (secondary N) is 2. The Labute approximate surface area is 139 Å². The molecule has 1 heterocycles. The summed E-state index contributed by atoms with van der Waals surface area (Å²) < 4.78 is 40.9. The number of para-hydroxylation sites is 1. The van der Waals surface area contributed by atoms with Gasteiger partial charge in [0, 0.05) is 12.5 Å². The Bertz CT molecular complexity index is 506. The van der Waals surface area contributed by atoms with Gasteiger partial charge in [-0.3, -0.25) is 4.79 Å². The second-order valence-corrected chi connectivity index (χ2v) is 5.25. The van der Waals surface area contributed by atoms with Gasteiger partial charge in [0.25, 0.3) is 0 Å². The van der Waals surface area contributed by atoms with Crippen LogP contribution in [0.5, 0.6) is 5.75 Å². The molecule has 0 spiro atoms. The van der Waals surface area contributed by atoms with Gasteiger partial charge in [-0.25, -0.2) is 0 Å². The third-order valence-electron chi connectivity index (χ3n) is 3.52. The highest BCUT2D eigenvalue weighted by molar-refractivity contribution is 5.85. The van der Waals surface area contributed by atoms with Crippen LogP contribution in [0.1, 0.15) is 24.8 Å². The lowest BCUT2D eigenvalue weighted by molar-refractivity contribution is -0.274. The molecule has 1 fully saturated rings. The van der Waals surface area contributed by atoms with Crippen molar-refractivity contribution in [3.8, 4) is 5.75 Å². The minimum absolute atomic E-state index is 0. The lowest BCUT2D eigenvalue weighted by atomic mass is 10.1. The molecule has 130 valence electrons. The molecule has 4 nitrogen and oxygen atoms in total. The predicted molar refractivity (Wildman–Crippen MR) is 82.7 cm³/mol. The highest BCUT2D eigenvalue weighted by Crippen LogP contribution is 2.26. The van der Waals surface area contributed by atoms with Crippen molar-refractivity contribution in [1.29, 1.82) is 0 Å². The molecule has 1 aromatic rings. The molecule has 0 radical (unpaired) electrons. The molecule has 8 heteroatoms. The van der Waals surface area contributed by atoms with Crippen molar-refractivity contribution in [2.24, 2.45) is 0 Å². The van der Waals surface area contributed by atoms with Gasteiger partial charge in [-0.15, -0.1) is 25.6 Å². The normalized spacial score (nSPS) is 15.6. The van der Waals surface area contributed by atoms with E-state index in [1.807, 2.05) is 0 Å². The summed E-state index contributed by atoms with van der Waals surface area (Å²) in [6.45, 7) is 1.74. The summed E-state index contributed by atoms with van der Waals surface area (Å²) in [5.41, 5.74) is 0.375. The lowest BCUT2D eigenvalue weighted by Gasteiger charge is -2.23. The van der Waals surface area contributed by atoms with Gasteiger partial charge in [0.05, 0.1) is 0 Å². The molecule has 1 amide bonds. The topological polar surface area (TPSA) is 50.4 Å². The van der Waals surface area contributed by atoms with Gasteiger partial charge in [0.2, 0.25) is 5.91 Å². The fourth-order valence-corrected chi connectivity index (χ4v) is 2.45. The predicted octanol–water partition coefficient (Wildman–Crippen LogP) is 2.81. The Kier molecular flexibility index (Phi) is 7.64. The molecule has 1 aliphatic rings. The molecule has 0 aromatic heterocycles. The Morgan fingerprint density at radius 2 is 1.91 bits per heavy atom. The minimum Gasteiger partial charge on any atom is -0.406 e. The van der Waals surface area contributed by atoms with Crippen LogP contribution >= 0.6 is 12.4 Å². The minimum atomic E-state index is -4.73. The van der Waals surface area contributed by atoms with Crippen LogP contribution in [0.15, 0.2) is 24.3 Å². The summed E-state index contributed by atoms with van der Waals surface area (Å²) in [7, 11) is 0. The van der Waals surface area contributed by atoms with Gasteiger partial charge in [-0.05, 0) is 44.0 Å². The van der Waals surface area contributed by atoms with Crippen molar-refractivity contribution >= 4 is 18.3 Å². The van der Waals surface area contributed by atoms with Crippen molar-refractivity contribution in [3.63, 3.8) is 0 Å². The molecular formula is C15H20ClF3N2O2. The first kappa shape index (κ1) is 19.6. The van der Waals surface area contributed by atoms with Gasteiger partial charge in [0.1, 0.15) is 5.75 Å². The second kappa shape index (κ2) is 8.98. The number of carbonyl (C=O) groups excluding carboxylic acids is 1. The van der Waals surface area contributed by atoms with Gasteiger partial charge in [-0.1, -0.05) is 18.2 Å². The molecule has 0 saturated carbocycles. The summed E-state index contributed by atoms with van der Waals surface area (Å²) in [5, 5.41) is 6.12. The van der Waals surface area contributed by atoms with Gasteiger partial charge in [0.15, 0.2) is 0 Å². The number of alkyl halides is 3. The largest absolute Gasteiger partial charge is 0.573 e. The monoisotopic (exact) mass is 352 g/mol. The van der Waals surface area contributed by atoms with Gasteiger partial charge < -0.3 is 15.4 Å². The zero-order valence-corrected chi connectivity index (χ0v) is 13.3. The van der Waals surface area contributed by atoms with Crippen LogP contribution in [0, 0.1) is 0 Å². The highest BCUT2D eigenvalue weighted by Gasteiger charge is 2.32. The van der Waals surface area contributed by atoms with E-state index in [0.717, 1.165) is 25.9 Å². The zero-order chi connectivity index (χ0) is 16.0. The van der Waals surface area contributed by atoms with Crippen LogP contribution in [0.3, 0.4) is 0 Å². The average molecular weight is 353 g/mol. The Morgan fingerprint density at radius 3 is 2.57 bits per heavy atom. The first-order chi connectivity index (χ1) is 10.4. The van der Waals surface area contributed by atoms with E-state index in [1.54, 1.807) is 12.1 Å². The number of hydrogen-bond donors (Lipinski definition) is 2. The van der Waals surface area contributed by atoms with Gasteiger partial charge >= 0.3 is 6.36 Å². The number of amides is 1. The molecule has 0 atom stereocenters. The molecule has 1 aliphatic heterocycles. The summed E-state index contributed by atoms with van der Waals surface area (Å²) >= 11 is 0. The Morgan fingerprint density at radius 1 is 1.26 bits per heavy atom. The van der Waals surface area contributed by atoms with Crippen LogP contribution in [-0.4, -0.2) is 31.4 Å². The van der Waals surface area contributed by atoms with E-state index in [9.17, 15) is 18.0 Å². The maximum atomic E-state index is 12.3. The third-order valence-corrected chi connectivity index (χ3v) is 3.52. The smallest absolute Gasteiger partial charge is 0.406 e. The van der Waals surface area contributed by atoms with Gasteiger partial charge in [-0.2, -0.15) is 0 Å². The van der Waals surface area contributed by atoms with E-state index in [-0.39, 0.29) is 42.9 Å². The van der Waals surface area contributed by atoms with Crippen molar-refractivity contribution in [2.75, 3.05) is 13.1 Å². The van der Waals surface area contributed by atoms with Crippen LogP contribution < -0.4 is 15.4 Å². The molecule has 0 bridgehead atoms. The van der Waals surface area contributed by atoms with E-state index < -0.39 is 6.36 Å². The van der Waals surface area contributed by atoms with E-state index in [4.69, 9.17) is 0 Å². The van der Waals surface area contributed by atoms with Crippen LogP contribution in [0.2, 0.25) is 0 Å². The van der Waals surface area contributed by atoms with E-state index in [1.165, 1.54) is 12.1 Å². The SMILES string of the molecule is Cl.O=C(CCc1ccccc1OC(F)(F)F)NC1CCNCC1. The summed E-state index contributed by atoms with van der Waals surface area (Å²) in [5.74, 6) is -0.390. The fraction of sp³-hybridized carbons (Fsp3) is 0.533. The molecule has 1 saturated heterocycles. The number of ether oxygens (including phenoxy) is 1. The standard InChI is InChI=1S/C15H19F3N2O2.ClH/c16-15(17,18)22-13-4-2-1-3-11(13)5-6-14(21)20-12-7-9-19-10-8-12;/h1-4,12,19H,5-10H2,(H,20,21);1H.